The second-order valence-electron chi connectivity index (χ2n) is 7.34. The van der Waals surface area contributed by atoms with Gasteiger partial charge in [0.1, 0.15) is 24.0 Å². The lowest BCUT2D eigenvalue weighted by Gasteiger charge is -2.36. The Morgan fingerprint density at radius 3 is 2.86 bits per heavy atom. The van der Waals surface area contributed by atoms with Crippen molar-refractivity contribution in [2.45, 2.75) is 56.5 Å². The number of cyclic esters (lactones) is 1. The first-order valence-corrected chi connectivity index (χ1v) is 9.75. The standard InChI is InChI=1S/C22H26O7/c1-2-9-27-20(25)8-4-6-16-13-18-12-15(23)11-17(28-18)10-14-5-3-7-19(24)21(14)22(26)29-16/h2-5,7-8,15-18,23-24H,1,6,9-13H2/b8-4+/t15?,16-,17-,18+/m0/s1. The van der Waals surface area contributed by atoms with E-state index in [0.29, 0.717) is 31.2 Å². The van der Waals surface area contributed by atoms with E-state index < -0.39 is 24.1 Å². The van der Waals surface area contributed by atoms with E-state index in [1.807, 2.05) is 0 Å². The number of rotatable bonds is 5. The topological polar surface area (TPSA) is 102 Å². The molecule has 156 valence electrons. The van der Waals surface area contributed by atoms with Crippen LogP contribution in [0.25, 0.3) is 0 Å². The summed E-state index contributed by atoms with van der Waals surface area (Å²) in [4.78, 5) is 24.4. The summed E-state index contributed by atoms with van der Waals surface area (Å²) in [6.45, 7) is 3.60. The Bertz CT molecular complexity index is 785. The van der Waals surface area contributed by atoms with Crippen molar-refractivity contribution in [2.24, 2.45) is 0 Å². The smallest absolute Gasteiger partial charge is 0.342 e. The van der Waals surface area contributed by atoms with Gasteiger partial charge in [-0.1, -0.05) is 30.9 Å². The second-order valence-corrected chi connectivity index (χ2v) is 7.34. The molecule has 4 atom stereocenters. The maximum atomic E-state index is 12.8. The average Bonchev–Trinajstić information content (AvgIpc) is 2.65. The quantitative estimate of drug-likeness (QED) is 0.443. The van der Waals surface area contributed by atoms with E-state index in [2.05, 4.69) is 6.58 Å². The first kappa shape index (κ1) is 21.1. The molecule has 1 aromatic rings. The molecular formula is C22H26O7. The fraction of sp³-hybridized carbons (Fsp3) is 0.455. The monoisotopic (exact) mass is 402 g/mol. The highest BCUT2D eigenvalue weighted by molar-refractivity contribution is 5.94. The molecule has 7 nitrogen and oxygen atoms in total. The molecule has 0 radical (unpaired) electrons. The summed E-state index contributed by atoms with van der Waals surface area (Å²) in [6, 6.07) is 4.86. The van der Waals surface area contributed by atoms with Gasteiger partial charge in [-0.05, 0) is 30.9 Å². The summed E-state index contributed by atoms with van der Waals surface area (Å²) in [5.41, 5.74) is 0.742. The van der Waals surface area contributed by atoms with Crippen molar-refractivity contribution in [3.63, 3.8) is 0 Å². The van der Waals surface area contributed by atoms with Crippen LogP contribution < -0.4 is 0 Å². The highest BCUT2D eigenvalue weighted by Gasteiger charge is 2.34. The van der Waals surface area contributed by atoms with E-state index in [1.54, 1.807) is 18.2 Å². The molecular weight excluding hydrogens is 376 g/mol. The molecule has 7 heteroatoms. The minimum atomic E-state index is -0.605. The fourth-order valence-electron chi connectivity index (χ4n) is 3.81. The molecule has 2 N–H and O–H groups in total. The number of esters is 2. The number of aliphatic hydroxyl groups excluding tert-OH is 1. The van der Waals surface area contributed by atoms with Gasteiger partial charge >= 0.3 is 11.9 Å². The second kappa shape index (κ2) is 9.71. The van der Waals surface area contributed by atoms with Crippen LogP contribution in [0.4, 0.5) is 0 Å². The minimum absolute atomic E-state index is 0.118. The molecule has 2 aliphatic heterocycles. The predicted octanol–water partition coefficient (Wildman–Crippen LogP) is 2.45. The summed E-state index contributed by atoms with van der Waals surface area (Å²) in [6.07, 6.45) is 4.75. The fourth-order valence-corrected chi connectivity index (χ4v) is 3.81. The third-order valence-corrected chi connectivity index (χ3v) is 5.03. The Kier molecular flexibility index (Phi) is 7.06. The predicted molar refractivity (Wildman–Crippen MR) is 104 cm³/mol. The Morgan fingerprint density at radius 1 is 1.28 bits per heavy atom. The van der Waals surface area contributed by atoms with Crippen LogP contribution in [0.1, 0.15) is 41.6 Å². The van der Waals surface area contributed by atoms with Crippen molar-refractivity contribution in [1.82, 2.24) is 0 Å². The number of benzene rings is 1. The van der Waals surface area contributed by atoms with Crippen molar-refractivity contribution in [2.75, 3.05) is 6.61 Å². The van der Waals surface area contributed by atoms with E-state index in [0.717, 1.165) is 0 Å². The molecule has 2 aliphatic rings. The molecule has 2 heterocycles. The number of aromatic hydroxyl groups is 1. The number of hydrogen-bond acceptors (Lipinski definition) is 7. The molecule has 0 aliphatic carbocycles. The van der Waals surface area contributed by atoms with Gasteiger partial charge in [0.15, 0.2) is 0 Å². The molecule has 1 fully saturated rings. The van der Waals surface area contributed by atoms with Crippen LogP contribution in [0.3, 0.4) is 0 Å². The van der Waals surface area contributed by atoms with Crippen molar-refractivity contribution in [3.8, 4) is 5.75 Å². The molecule has 0 amide bonds. The largest absolute Gasteiger partial charge is 0.507 e. The zero-order valence-electron chi connectivity index (χ0n) is 16.2. The van der Waals surface area contributed by atoms with Gasteiger partial charge in [-0.25, -0.2) is 9.59 Å². The third kappa shape index (κ3) is 5.68. The van der Waals surface area contributed by atoms with Crippen molar-refractivity contribution in [1.29, 1.82) is 0 Å². The molecule has 0 spiro atoms. The number of ether oxygens (including phenoxy) is 3. The van der Waals surface area contributed by atoms with Crippen LogP contribution in [0, 0.1) is 0 Å². The summed E-state index contributed by atoms with van der Waals surface area (Å²) in [5, 5.41) is 20.5. The molecule has 1 aromatic carbocycles. The van der Waals surface area contributed by atoms with Crippen LogP contribution in [-0.4, -0.2) is 53.2 Å². The molecule has 29 heavy (non-hydrogen) atoms. The third-order valence-electron chi connectivity index (χ3n) is 5.03. The molecule has 2 bridgehead atoms. The zero-order valence-corrected chi connectivity index (χ0v) is 16.2. The summed E-state index contributed by atoms with van der Waals surface area (Å²) < 4.78 is 16.6. The van der Waals surface area contributed by atoms with Gasteiger partial charge in [-0.2, -0.15) is 0 Å². The van der Waals surface area contributed by atoms with Crippen LogP contribution in [-0.2, 0) is 25.4 Å². The first-order chi connectivity index (χ1) is 14.0. The minimum Gasteiger partial charge on any atom is -0.507 e. The number of carbonyl (C=O) groups excluding carboxylic acids is 2. The van der Waals surface area contributed by atoms with Gasteiger partial charge in [0, 0.05) is 18.9 Å². The van der Waals surface area contributed by atoms with Crippen LogP contribution in [0.15, 0.2) is 43.0 Å². The number of phenols is 1. The lowest BCUT2D eigenvalue weighted by Crippen LogP contribution is -2.40. The van der Waals surface area contributed by atoms with Gasteiger partial charge in [-0.15, -0.1) is 0 Å². The maximum absolute atomic E-state index is 12.8. The number of carbonyl (C=O) groups is 2. The van der Waals surface area contributed by atoms with Crippen molar-refractivity contribution < 1.29 is 34.0 Å². The van der Waals surface area contributed by atoms with E-state index >= 15 is 0 Å². The number of fused-ring (bicyclic) bond motifs is 3. The van der Waals surface area contributed by atoms with Crippen LogP contribution >= 0.6 is 0 Å². The molecule has 1 saturated heterocycles. The Labute approximate surface area is 169 Å². The van der Waals surface area contributed by atoms with Gasteiger partial charge in [-0.3, -0.25) is 0 Å². The summed E-state index contributed by atoms with van der Waals surface area (Å²) in [5.74, 6) is -1.27. The lowest BCUT2D eigenvalue weighted by molar-refractivity contribution is -0.136. The first-order valence-electron chi connectivity index (χ1n) is 9.75. The van der Waals surface area contributed by atoms with Gasteiger partial charge < -0.3 is 24.4 Å². The highest BCUT2D eigenvalue weighted by Crippen LogP contribution is 2.32. The SMILES string of the molecule is C=CCOC(=O)/C=C/C[C@H]1C[C@H]2CC(O)C[C@H](Cc3cccc(O)c3C(=O)O1)O2. The Balaban J connectivity index is 1.80. The molecule has 3 rings (SSSR count). The van der Waals surface area contributed by atoms with Crippen LogP contribution in [0.2, 0.25) is 0 Å². The van der Waals surface area contributed by atoms with Gasteiger partial charge in [0.05, 0.1) is 18.3 Å². The Hall–Kier alpha value is -2.64. The molecule has 0 aromatic heterocycles. The number of phenolic OH excluding ortho intramolecular Hbond substituents is 1. The average molecular weight is 402 g/mol. The lowest BCUT2D eigenvalue weighted by atomic mass is 9.91. The van der Waals surface area contributed by atoms with Gasteiger partial charge in [0.25, 0.3) is 0 Å². The maximum Gasteiger partial charge on any atom is 0.342 e. The van der Waals surface area contributed by atoms with E-state index in [-0.39, 0.29) is 36.5 Å². The van der Waals surface area contributed by atoms with E-state index in [4.69, 9.17) is 14.2 Å². The molecule has 1 unspecified atom stereocenters. The summed E-state index contributed by atoms with van der Waals surface area (Å²) in [7, 11) is 0. The summed E-state index contributed by atoms with van der Waals surface area (Å²) >= 11 is 0. The molecule has 0 saturated carbocycles. The van der Waals surface area contributed by atoms with Crippen molar-refractivity contribution in [3.05, 3.63) is 54.1 Å². The number of hydrogen-bond donors (Lipinski definition) is 2. The highest BCUT2D eigenvalue weighted by atomic mass is 16.5. The Morgan fingerprint density at radius 2 is 2.07 bits per heavy atom. The zero-order chi connectivity index (χ0) is 20.8. The number of aliphatic hydroxyl groups is 1. The van der Waals surface area contributed by atoms with E-state index in [9.17, 15) is 19.8 Å². The van der Waals surface area contributed by atoms with Crippen LogP contribution in [0.5, 0.6) is 5.75 Å². The van der Waals surface area contributed by atoms with Gasteiger partial charge in [0.2, 0.25) is 0 Å². The van der Waals surface area contributed by atoms with Crippen molar-refractivity contribution >= 4 is 11.9 Å². The van der Waals surface area contributed by atoms with E-state index in [1.165, 1.54) is 18.2 Å². The normalized spacial score (nSPS) is 27.0.